The molecule has 4 heterocycles. The summed E-state index contributed by atoms with van der Waals surface area (Å²) >= 11 is 0. The number of nitrogens with zero attached hydrogens (tertiary/aromatic N) is 8. The lowest BCUT2D eigenvalue weighted by molar-refractivity contribution is -0.133. The lowest BCUT2D eigenvalue weighted by atomic mass is 10.1. The number of amides is 1. The summed E-state index contributed by atoms with van der Waals surface area (Å²) in [5.41, 5.74) is 6.30. The summed E-state index contributed by atoms with van der Waals surface area (Å²) in [6.07, 6.45) is 8.08. The van der Waals surface area contributed by atoms with Crippen LogP contribution in [0.1, 0.15) is 22.5 Å². The number of carbonyl (C=O) groups is 1. The van der Waals surface area contributed by atoms with Gasteiger partial charge in [-0.3, -0.25) is 14.2 Å². The largest absolute Gasteiger partial charge is 0.351 e. The molecule has 1 aliphatic heterocycles. The molecule has 0 radical (unpaired) electrons. The molecule has 1 aliphatic carbocycles. The number of anilines is 1. The second-order valence-corrected chi connectivity index (χ2v) is 8.88. The molecular formula is C24H25N9O. The number of aromatic nitrogens is 7. The third kappa shape index (κ3) is 3.91. The molecule has 1 aromatic carbocycles. The second-order valence-electron chi connectivity index (χ2n) is 8.88. The number of carbonyl (C=O) groups excluding carboxylic acids is 1. The summed E-state index contributed by atoms with van der Waals surface area (Å²) in [5, 5.41) is 16.2. The highest BCUT2D eigenvalue weighted by atomic mass is 16.2. The molecule has 2 aliphatic rings. The second kappa shape index (κ2) is 8.36. The van der Waals surface area contributed by atoms with Gasteiger partial charge in [0, 0.05) is 50.2 Å². The highest BCUT2D eigenvalue weighted by molar-refractivity contribution is 5.76. The van der Waals surface area contributed by atoms with Gasteiger partial charge in [-0.05, 0) is 30.0 Å². The molecular weight excluding hydrogens is 430 g/mol. The third-order valence-corrected chi connectivity index (χ3v) is 6.60. The standard InChI is InChI=1S/C24H25N9O/c1-31-22-7-8-32(14-21(22)28-30-31)23(34)15-33-9-6-20(29-33)18-12-25-24(26-13-18)27-19-10-16-4-2-3-5-17(16)11-19/h2-6,9,12-13,19H,7-8,10-11,14-15H2,1H3,(H,25,26,27). The Kier molecular flexibility index (Phi) is 5.05. The molecule has 1 amide bonds. The molecule has 10 nitrogen and oxygen atoms in total. The van der Waals surface area contributed by atoms with E-state index < -0.39 is 0 Å². The quantitative estimate of drug-likeness (QED) is 0.487. The molecule has 0 spiro atoms. The Hall–Kier alpha value is -4.08. The van der Waals surface area contributed by atoms with E-state index in [1.54, 1.807) is 21.8 Å². The fraction of sp³-hybridized carbons (Fsp3) is 0.333. The Morgan fingerprint density at radius 2 is 1.88 bits per heavy atom. The molecule has 10 heteroatoms. The van der Waals surface area contributed by atoms with Crippen molar-refractivity contribution in [2.24, 2.45) is 7.05 Å². The van der Waals surface area contributed by atoms with E-state index in [1.807, 2.05) is 24.2 Å². The van der Waals surface area contributed by atoms with Crippen LogP contribution in [-0.4, -0.2) is 58.1 Å². The minimum atomic E-state index is 0.0133. The van der Waals surface area contributed by atoms with Gasteiger partial charge in [-0.15, -0.1) is 5.10 Å². The van der Waals surface area contributed by atoms with E-state index in [9.17, 15) is 4.79 Å². The molecule has 6 rings (SSSR count). The Bertz CT molecular complexity index is 1320. The maximum atomic E-state index is 12.8. The minimum Gasteiger partial charge on any atom is -0.351 e. The molecule has 1 N–H and O–H groups in total. The fourth-order valence-electron chi connectivity index (χ4n) is 4.78. The number of benzene rings is 1. The number of hydrogen-bond donors (Lipinski definition) is 1. The number of nitrogens with one attached hydrogen (secondary N) is 1. The summed E-state index contributed by atoms with van der Waals surface area (Å²) in [5.74, 6) is 0.629. The summed E-state index contributed by atoms with van der Waals surface area (Å²) < 4.78 is 3.44. The normalized spacial score (nSPS) is 15.3. The molecule has 0 bridgehead atoms. The van der Waals surface area contributed by atoms with Crippen molar-refractivity contribution in [2.45, 2.75) is 38.4 Å². The Labute approximate surface area is 196 Å². The van der Waals surface area contributed by atoms with Crippen molar-refractivity contribution in [3.63, 3.8) is 0 Å². The zero-order valence-corrected chi connectivity index (χ0v) is 18.9. The van der Waals surface area contributed by atoms with Gasteiger partial charge in [-0.1, -0.05) is 29.5 Å². The summed E-state index contributed by atoms with van der Waals surface area (Å²) in [7, 11) is 1.88. The Balaban J connectivity index is 1.07. The van der Waals surface area contributed by atoms with E-state index >= 15 is 0 Å². The molecule has 0 saturated carbocycles. The van der Waals surface area contributed by atoms with Gasteiger partial charge in [0.25, 0.3) is 0 Å². The van der Waals surface area contributed by atoms with Gasteiger partial charge in [-0.25, -0.2) is 9.97 Å². The number of rotatable bonds is 5. The zero-order chi connectivity index (χ0) is 23.1. The average Bonchev–Trinajstić information content (AvgIpc) is 3.58. The van der Waals surface area contributed by atoms with E-state index in [-0.39, 0.29) is 12.5 Å². The van der Waals surface area contributed by atoms with Crippen LogP contribution in [-0.2, 0) is 44.2 Å². The van der Waals surface area contributed by atoms with Crippen molar-refractivity contribution in [3.8, 4) is 11.3 Å². The van der Waals surface area contributed by atoms with E-state index in [0.29, 0.717) is 25.1 Å². The van der Waals surface area contributed by atoms with Gasteiger partial charge in [0.2, 0.25) is 11.9 Å². The van der Waals surface area contributed by atoms with Gasteiger partial charge >= 0.3 is 0 Å². The van der Waals surface area contributed by atoms with Crippen LogP contribution in [0.15, 0.2) is 48.9 Å². The maximum Gasteiger partial charge on any atom is 0.244 e. The predicted octanol–water partition coefficient (Wildman–Crippen LogP) is 1.63. The molecule has 4 aromatic rings. The van der Waals surface area contributed by atoms with Crippen LogP contribution < -0.4 is 5.32 Å². The smallest absolute Gasteiger partial charge is 0.244 e. The van der Waals surface area contributed by atoms with Crippen molar-refractivity contribution in [1.29, 1.82) is 0 Å². The lowest BCUT2D eigenvalue weighted by Crippen LogP contribution is -2.38. The summed E-state index contributed by atoms with van der Waals surface area (Å²) in [4.78, 5) is 23.6. The molecule has 0 atom stereocenters. The van der Waals surface area contributed by atoms with E-state index in [4.69, 9.17) is 0 Å². The van der Waals surface area contributed by atoms with Gasteiger partial charge in [-0.2, -0.15) is 5.10 Å². The first-order valence-corrected chi connectivity index (χ1v) is 11.5. The van der Waals surface area contributed by atoms with Crippen molar-refractivity contribution >= 4 is 11.9 Å². The molecule has 0 unspecified atom stereocenters. The van der Waals surface area contributed by atoms with Crippen molar-refractivity contribution in [1.82, 2.24) is 39.6 Å². The zero-order valence-electron chi connectivity index (χ0n) is 18.9. The number of hydrogen-bond acceptors (Lipinski definition) is 7. The van der Waals surface area contributed by atoms with Crippen LogP contribution >= 0.6 is 0 Å². The van der Waals surface area contributed by atoms with E-state index in [1.165, 1.54) is 11.1 Å². The topological polar surface area (TPSA) is 107 Å². The highest BCUT2D eigenvalue weighted by Gasteiger charge is 2.25. The highest BCUT2D eigenvalue weighted by Crippen LogP contribution is 2.24. The molecule has 0 fully saturated rings. The summed E-state index contributed by atoms with van der Waals surface area (Å²) in [6.45, 7) is 1.33. The van der Waals surface area contributed by atoms with Crippen LogP contribution in [0.2, 0.25) is 0 Å². The number of fused-ring (bicyclic) bond motifs is 2. The number of aryl methyl sites for hydroxylation is 1. The Morgan fingerprint density at radius 3 is 2.65 bits per heavy atom. The van der Waals surface area contributed by atoms with Crippen LogP contribution in [0.4, 0.5) is 5.95 Å². The van der Waals surface area contributed by atoms with Gasteiger partial charge < -0.3 is 10.2 Å². The van der Waals surface area contributed by atoms with Gasteiger partial charge in [0.15, 0.2) is 0 Å². The molecule has 34 heavy (non-hydrogen) atoms. The first-order valence-electron chi connectivity index (χ1n) is 11.5. The Morgan fingerprint density at radius 1 is 1.12 bits per heavy atom. The predicted molar refractivity (Wildman–Crippen MR) is 125 cm³/mol. The summed E-state index contributed by atoms with van der Waals surface area (Å²) in [6, 6.07) is 10.7. The first kappa shape index (κ1) is 20.5. The monoisotopic (exact) mass is 455 g/mol. The third-order valence-electron chi connectivity index (χ3n) is 6.60. The van der Waals surface area contributed by atoms with Crippen LogP contribution in [0, 0.1) is 0 Å². The molecule has 172 valence electrons. The van der Waals surface area contributed by atoms with Crippen molar-refractivity contribution < 1.29 is 4.79 Å². The van der Waals surface area contributed by atoms with Crippen molar-refractivity contribution in [2.75, 3.05) is 11.9 Å². The van der Waals surface area contributed by atoms with Crippen LogP contribution in [0.5, 0.6) is 0 Å². The molecule has 3 aromatic heterocycles. The van der Waals surface area contributed by atoms with Gasteiger partial charge in [0.05, 0.1) is 17.9 Å². The fourth-order valence-corrected chi connectivity index (χ4v) is 4.78. The van der Waals surface area contributed by atoms with Crippen LogP contribution in [0.25, 0.3) is 11.3 Å². The maximum absolute atomic E-state index is 12.8. The van der Waals surface area contributed by atoms with E-state index in [2.05, 4.69) is 55.0 Å². The average molecular weight is 456 g/mol. The lowest BCUT2D eigenvalue weighted by Gasteiger charge is -2.26. The SMILES string of the molecule is Cn1nnc2c1CCN(C(=O)Cn1ccc(-c3cnc(NC4Cc5ccccc5C4)nc3)n1)C2. The van der Waals surface area contributed by atoms with Crippen molar-refractivity contribution in [3.05, 3.63) is 71.4 Å². The van der Waals surface area contributed by atoms with Gasteiger partial charge in [0.1, 0.15) is 12.2 Å². The van der Waals surface area contributed by atoms with Crippen LogP contribution in [0.3, 0.4) is 0 Å². The minimum absolute atomic E-state index is 0.0133. The van der Waals surface area contributed by atoms with E-state index in [0.717, 1.165) is 41.9 Å². The molecule has 0 saturated heterocycles. The first-order chi connectivity index (χ1) is 16.6.